The van der Waals surface area contributed by atoms with Crippen molar-refractivity contribution in [2.75, 3.05) is 7.11 Å². The van der Waals surface area contributed by atoms with Gasteiger partial charge in [0.15, 0.2) is 0 Å². The zero-order valence-electron chi connectivity index (χ0n) is 13.8. The smallest absolute Gasteiger partial charge is 0.271 e. The number of benzene rings is 3. The fourth-order valence-corrected chi connectivity index (χ4v) is 2.40. The number of hydrogen-bond acceptors (Lipinski definition) is 3. The summed E-state index contributed by atoms with van der Waals surface area (Å²) in [5, 5.41) is 4.04. The zero-order valence-corrected chi connectivity index (χ0v) is 13.8. The van der Waals surface area contributed by atoms with Gasteiger partial charge in [-0.05, 0) is 47.0 Å². The van der Waals surface area contributed by atoms with Crippen molar-refractivity contribution >= 4 is 12.1 Å². The molecule has 0 saturated heterocycles. The van der Waals surface area contributed by atoms with E-state index >= 15 is 0 Å². The molecular formula is C21H18N2O2. The first kappa shape index (κ1) is 16.5. The van der Waals surface area contributed by atoms with Gasteiger partial charge >= 0.3 is 0 Å². The van der Waals surface area contributed by atoms with E-state index in [-0.39, 0.29) is 5.91 Å². The lowest BCUT2D eigenvalue weighted by Gasteiger charge is -2.03. The van der Waals surface area contributed by atoms with Crippen LogP contribution in [-0.2, 0) is 0 Å². The first-order chi connectivity index (χ1) is 12.3. The molecule has 3 aromatic rings. The average molecular weight is 330 g/mol. The minimum Gasteiger partial charge on any atom is -0.497 e. The second-order valence-corrected chi connectivity index (χ2v) is 5.42. The second kappa shape index (κ2) is 7.93. The summed E-state index contributed by atoms with van der Waals surface area (Å²) in [5.41, 5.74) is 6.21. The van der Waals surface area contributed by atoms with Crippen LogP contribution >= 0.6 is 0 Å². The fourth-order valence-electron chi connectivity index (χ4n) is 2.40. The van der Waals surface area contributed by atoms with Crippen LogP contribution in [0, 0.1) is 0 Å². The summed E-state index contributed by atoms with van der Waals surface area (Å²) in [6, 6.07) is 25.0. The highest BCUT2D eigenvalue weighted by Crippen LogP contribution is 2.19. The first-order valence-corrected chi connectivity index (χ1v) is 7.89. The van der Waals surface area contributed by atoms with E-state index < -0.39 is 0 Å². The molecule has 25 heavy (non-hydrogen) atoms. The van der Waals surface area contributed by atoms with Gasteiger partial charge in [0.05, 0.1) is 13.3 Å². The Morgan fingerprint density at radius 2 is 1.64 bits per heavy atom. The SMILES string of the molecule is COc1ccc(C(=O)NN=Cc2cccc(-c3ccccc3)c2)cc1. The molecule has 0 unspecified atom stereocenters. The minimum atomic E-state index is -0.266. The van der Waals surface area contributed by atoms with E-state index in [0.717, 1.165) is 16.7 Å². The standard InChI is InChI=1S/C21H18N2O2/c1-25-20-12-10-18(11-13-20)21(24)23-22-15-16-6-5-9-19(14-16)17-7-3-2-4-8-17/h2-15H,1H3,(H,23,24). The lowest BCUT2D eigenvalue weighted by atomic mass is 10.0. The molecule has 0 atom stereocenters. The summed E-state index contributed by atoms with van der Waals surface area (Å²) in [7, 11) is 1.59. The molecule has 0 aliphatic heterocycles. The molecule has 0 radical (unpaired) electrons. The van der Waals surface area contributed by atoms with Gasteiger partial charge in [-0.1, -0.05) is 48.5 Å². The number of hydrazone groups is 1. The molecule has 0 aliphatic carbocycles. The number of nitrogens with one attached hydrogen (secondary N) is 1. The number of rotatable bonds is 5. The Balaban J connectivity index is 1.66. The molecule has 0 fully saturated rings. The Morgan fingerprint density at radius 1 is 0.920 bits per heavy atom. The third-order valence-corrected chi connectivity index (χ3v) is 3.73. The van der Waals surface area contributed by atoms with Crippen molar-refractivity contribution in [1.29, 1.82) is 0 Å². The molecule has 1 N–H and O–H groups in total. The van der Waals surface area contributed by atoms with E-state index in [1.807, 2.05) is 42.5 Å². The number of nitrogens with zero attached hydrogens (tertiary/aromatic N) is 1. The predicted molar refractivity (Wildman–Crippen MR) is 99.9 cm³/mol. The third kappa shape index (κ3) is 4.32. The molecular weight excluding hydrogens is 312 g/mol. The van der Waals surface area contributed by atoms with E-state index in [0.29, 0.717) is 11.3 Å². The number of hydrogen-bond donors (Lipinski definition) is 1. The maximum absolute atomic E-state index is 12.1. The van der Waals surface area contributed by atoms with Crippen LogP contribution in [0.25, 0.3) is 11.1 Å². The van der Waals surface area contributed by atoms with Gasteiger partial charge in [0.2, 0.25) is 0 Å². The molecule has 0 spiro atoms. The normalized spacial score (nSPS) is 10.6. The lowest BCUT2D eigenvalue weighted by molar-refractivity contribution is 0.0955. The quantitative estimate of drug-likeness (QED) is 0.565. The maximum atomic E-state index is 12.1. The van der Waals surface area contributed by atoms with Gasteiger partial charge in [0.1, 0.15) is 5.75 Å². The molecule has 124 valence electrons. The summed E-state index contributed by atoms with van der Waals surface area (Å²) in [6.45, 7) is 0. The van der Waals surface area contributed by atoms with Crippen LogP contribution in [0.1, 0.15) is 15.9 Å². The van der Waals surface area contributed by atoms with Crippen LogP contribution in [0.2, 0.25) is 0 Å². The monoisotopic (exact) mass is 330 g/mol. The van der Waals surface area contributed by atoms with E-state index in [4.69, 9.17) is 4.74 Å². The molecule has 0 aliphatic rings. The highest BCUT2D eigenvalue weighted by atomic mass is 16.5. The molecule has 3 aromatic carbocycles. The van der Waals surface area contributed by atoms with E-state index in [1.165, 1.54) is 0 Å². The Labute approximate surface area is 146 Å². The van der Waals surface area contributed by atoms with Crippen molar-refractivity contribution in [3.8, 4) is 16.9 Å². The summed E-state index contributed by atoms with van der Waals surface area (Å²) >= 11 is 0. The number of carbonyl (C=O) groups excluding carboxylic acids is 1. The van der Waals surface area contributed by atoms with Crippen molar-refractivity contribution in [2.45, 2.75) is 0 Å². The largest absolute Gasteiger partial charge is 0.497 e. The van der Waals surface area contributed by atoms with Gasteiger partial charge in [-0.15, -0.1) is 0 Å². The minimum absolute atomic E-state index is 0.266. The fraction of sp³-hybridized carbons (Fsp3) is 0.0476. The van der Waals surface area contributed by atoms with Crippen molar-refractivity contribution in [2.24, 2.45) is 5.10 Å². The lowest BCUT2D eigenvalue weighted by Crippen LogP contribution is -2.17. The van der Waals surface area contributed by atoms with Crippen molar-refractivity contribution in [1.82, 2.24) is 5.43 Å². The highest BCUT2D eigenvalue weighted by Gasteiger charge is 2.04. The van der Waals surface area contributed by atoms with Crippen LogP contribution in [-0.4, -0.2) is 19.2 Å². The van der Waals surface area contributed by atoms with E-state index in [2.05, 4.69) is 22.7 Å². The molecule has 4 nitrogen and oxygen atoms in total. The Morgan fingerprint density at radius 3 is 2.36 bits per heavy atom. The zero-order chi connectivity index (χ0) is 17.5. The summed E-state index contributed by atoms with van der Waals surface area (Å²) in [4.78, 5) is 12.1. The third-order valence-electron chi connectivity index (χ3n) is 3.73. The topological polar surface area (TPSA) is 50.7 Å². The van der Waals surface area contributed by atoms with Crippen LogP contribution in [0.15, 0.2) is 84.0 Å². The molecule has 3 rings (SSSR count). The number of methoxy groups -OCH3 is 1. The van der Waals surface area contributed by atoms with E-state index in [9.17, 15) is 4.79 Å². The summed E-state index contributed by atoms with van der Waals surface area (Å²) in [5.74, 6) is 0.441. The predicted octanol–water partition coefficient (Wildman–Crippen LogP) is 4.13. The van der Waals surface area contributed by atoms with Crippen molar-refractivity contribution < 1.29 is 9.53 Å². The van der Waals surface area contributed by atoms with Crippen LogP contribution in [0.4, 0.5) is 0 Å². The van der Waals surface area contributed by atoms with Crippen molar-refractivity contribution in [3.05, 3.63) is 90.0 Å². The Hall–Kier alpha value is -3.40. The van der Waals surface area contributed by atoms with Crippen LogP contribution in [0.5, 0.6) is 5.75 Å². The summed E-state index contributed by atoms with van der Waals surface area (Å²) < 4.78 is 5.07. The maximum Gasteiger partial charge on any atom is 0.271 e. The van der Waals surface area contributed by atoms with Gasteiger partial charge in [-0.3, -0.25) is 4.79 Å². The van der Waals surface area contributed by atoms with Crippen molar-refractivity contribution in [3.63, 3.8) is 0 Å². The van der Waals surface area contributed by atoms with E-state index in [1.54, 1.807) is 37.6 Å². The number of ether oxygens (including phenoxy) is 1. The number of carbonyl (C=O) groups is 1. The second-order valence-electron chi connectivity index (χ2n) is 5.42. The van der Waals surface area contributed by atoms with Gasteiger partial charge in [-0.25, -0.2) is 5.43 Å². The van der Waals surface area contributed by atoms with Crippen LogP contribution < -0.4 is 10.2 Å². The summed E-state index contributed by atoms with van der Waals surface area (Å²) in [6.07, 6.45) is 1.63. The molecule has 0 heterocycles. The van der Waals surface area contributed by atoms with Gasteiger partial charge in [0, 0.05) is 5.56 Å². The number of amides is 1. The molecule has 0 aromatic heterocycles. The first-order valence-electron chi connectivity index (χ1n) is 7.89. The molecule has 4 heteroatoms. The average Bonchev–Trinajstić information content (AvgIpc) is 2.69. The van der Waals surface area contributed by atoms with Crippen LogP contribution in [0.3, 0.4) is 0 Å². The highest BCUT2D eigenvalue weighted by molar-refractivity contribution is 5.95. The Bertz CT molecular complexity index is 872. The molecule has 1 amide bonds. The Kier molecular flexibility index (Phi) is 5.22. The van der Waals surface area contributed by atoms with Gasteiger partial charge in [-0.2, -0.15) is 5.10 Å². The van der Waals surface area contributed by atoms with Gasteiger partial charge in [0.25, 0.3) is 5.91 Å². The molecule has 0 bridgehead atoms. The van der Waals surface area contributed by atoms with Gasteiger partial charge < -0.3 is 4.74 Å². The molecule has 0 saturated carbocycles.